The third-order valence-electron chi connectivity index (χ3n) is 2.94. The molecule has 1 aromatic heterocycles. The smallest absolute Gasteiger partial charge is 0.260 e. The van der Waals surface area contributed by atoms with Gasteiger partial charge < -0.3 is 11.1 Å². The van der Waals surface area contributed by atoms with Gasteiger partial charge in [-0.05, 0) is 30.3 Å². The predicted molar refractivity (Wildman–Crippen MR) is 86.5 cm³/mol. The number of aromatic amines is 1. The summed E-state index contributed by atoms with van der Waals surface area (Å²) in [6.45, 7) is 0. The number of hydrogen-bond acceptors (Lipinski definition) is 4. The molecule has 0 amide bonds. The van der Waals surface area contributed by atoms with Crippen LogP contribution in [-0.4, -0.2) is 9.97 Å². The highest BCUT2D eigenvalue weighted by Gasteiger charge is 2.09. The number of hydrogen-bond donors (Lipinski definition) is 3. The quantitative estimate of drug-likeness (QED) is 0.630. The van der Waals surface area contributed by atoms with Gasteiger partial charge >= 0.3 is 0 Å². The number of nitrogens with two attached hydrogens (primary N) is 1. The van der Waals surface area contributed by atoms with Gasteiger partial charge in [0.1, 0.15) is 0 Å². The van der Waals surface area contributed by atoms with Gasteiger partial charge in [-0.25, -0.2) is 4.98 Å². The highest BCUT2D eigenvalue weighted by Crippen LogP contribution is 2.31. The number of rotatable bonds is 2. The van der Waals surface area contributed by atoms with E-state index in [1.165, 1.54) is 0 Å². The van der Waals surface area contributed by atoms with E-state index < -0.39 is 0 Å². The first-order valence-electron chi connectivity index (χ1n) is 6.05. The van der Waals surface area contributed by atoms with Crippen molar-refractivity contribution in [1.82, 2.24) is 9.97 Å². The molecule has 0 unspecified atom stereocenters. The topological polar surface area (TPSA) is 83.8 Å². The Morgan fingerprint density at radius 2 is 1.86 bits per heavy atom. The maximum atomic E-state index is 12.1. The van der Waals surface area contributed by atoms with Crippen LogP contribution in [0.25, 0.3) is 10.9 Å². The van der Waals surface area contributed by atoms with Crippen LogP contribution in [0.3, 0.4) is 0 Å². The molecule has 0 spiro atoms. The van der Waals surface area contributed by atoms with Gasteiger partial charge in [0.25, 0.3) is 5.56 Å². The molecule has 0 atom stereocenters. The summed E-state index contributed by atoms with van der Waals surface area (Å²) in [5, 5.41) is 4.21. The number of para-hydroxylation sites is 1. The number of nitrogens with one attached hydrogen (secondary N) is 2. The average Bonchev–Trinajstić information content (AvgIpc) is 2.44. The summed E-state index contributed by atoms with van der Waals surface area (Å²) in [6, 6.07) is 10.0. The summed E-state index contributed by atoms with van der Waals surface area (Å²) < 4.78 is 0. The summed E-state index contributed by atoms with van der Waals surface area (Å²) >= 11 is 12.1. The van der Waals surface area contributed by atoms with Gasteiger partial charge in [-0.1, -0.05) is 29.3 Å². The van der Waals surface area contributed by atoms with Gasteiger partial charge in [0.15, 0.2) is 0 Å². The van der Waals surface area contributed by atoms with E-state index in [1.807, 2.05) is 0 Å². The van der Waals surface area contributed by atoms with Crippen molar-refractivity contribution in [1.29, 1.82) is 0 Å². The molecule has 2 aromatic carbocycles. The van der Waals surface area contributed by atoms with Crippen molar-refractivity contribution < 1.29 is 0 Å². The molecule has 0 saturated carbocycles. The van der Waals surface area contributed by atoms with Crippen molar-refractivity contribution in [3.8, 4) is 0 Å². The molecule has 0 radical (unpaired) electrons. The SMILES string of the molecule is Nc1ccc2nc(Nc3c(Cl)cccc3Cl)[nH]c(=O)c2c1. The molecule has 106 valence electrons. The minimum atomic E-state index is -0.294. The molecule has 3 aromatic rings. The van der Waals surface area contributed by atoms with Gasteiger partial charge in [-0.2, -0.15) is 0 Å². The van der Waals surface area contributed by atoms with Crippen molar-refractivity contribution in [3.63, 3.8) is 0 Å². The Hall–Kier alpha value is -2.24. The van der Waals surface area contributed by atoms with Crippen LogP contribution in [0.15, 0.2) is 41.2 Å². The Morgan fingerprint density at radius 3 is 2.57 bits per heavy atom. The van der Waals surface area contributed by atoms with Crippen LogP contribution in [0.2, 0.25) is 10.0 Å². The summed E-state index contributed by atoms with van der Waals surface area (Å²) in [6.07, 6.45) is 0. The van der Waals surface area contributed by atoms with Crippen LogP contribution in [0.1, 0.15) is 0 Å². The minimum absolute atomic E-state index is 0.257. The summed E-state index contributed by atoms with van der Waals surface area (Å²) in [7, 11) is 0. The molecule has 4 N–H and O–H groups in total. The second-order valence-corrected chi connectivity index (χ2v) is 5.23. The summed E-state index contributed by atoms with van der Waals surface area (Å²) in [5.41, 5.74) is 6.89. The second-order valence-electron chi connectivity index (χ2n) is 4.41. The lowest BCUT2D eigenvalue weighted by molar-refractivity contribution is 1.17. The molecular weight excluding hydrogens is 311 g/mol. The zero-order valence-electron chi connectivity index (χ0n) is 10.7. The number of H-pyrrole nitrogens is 1. The Labute approximate surface area is 129 Å². The first-order chi connectivity index (χ1) is 10.0. The Morgan fingerprint density at radius 1 is 1.14 bits per heavy atom. The van der Waals surface area contributed by atoms with E-state index in [1.54, 1.807) is 36.4 Å². The van der Waals surface area contributed by atoms with Gasteiger partial charge in [-0.3, -0.25) is 9.78 Å². The summed E-state index contributed by atoms with van der Waals surface area (Å²) in [5.74, 6) is 0.257. The zero-order valence-corrected chi connectivity index (χ0v) is 12.2. The standard InChI is InChI=1S/C14H10Cl2N4O/c15-9-2-1-3-10(16)12(9)19-14-18-11-5-4-7(17)6-8(11)13(21)20-14/h1-6H,17H2,(H2,18,19,20,21). The third-order valence-corrected chi connectivity index (χ3v) is 3.57. The molecule has 1 heterocycles. The highest BCUT2D eigenvalue weighted by molar-refractivity contribution is 6.39. The molecule has 0 bridgehead atoms. The molecule has 21 heavy (non-hydrogen) atoms. The molecule has 0 aliphatic rings. The number of nitrogens with zero attached hydrogens (tertiary/aromatic N) is 1. The Kier molecular flexibility index (Phi) is 3.45. The highest BCUT2D eigenvalue weighted by atomic mass is 35.5. The van der Waals surface area contributed by atoms with E-state index in [0.29, 0.717) is 32.3 Å². The molecule has 5 nitrogen and oxygen atoms in total. The normalized spacial score (nSPS) is 10.8. The van der Waals surface area contributed by atoms with Gasteiger partial charge in [-0.15, -0.1) is 0 Å². The fourth-order valence-electron chi connectivity index (χ4n) is 1.95. The molecule has 0 aliphatic heterocycles. The number of aromatic nitrogens is 2. The second kappa shape index (κ2) is 5.27. The molecule has 0 aliphatic carbocycles. The van der Waals surface area contributed by atoms with Crippen LogP contribution >= 0.6 is 23.2 Å². The van der Waals surface area contributed by atoms with Crippen LogP contribution < -0.4 is 16.6 Å². The largest absolute Gasteiger partial charge is 0.399 e. The fourth-order valence-corrected chi connectivity index (χ4v) is 2.44. The van der Waals surface area contributed by atoms with Crippen LogP contribution in [-0.2, 0) is 0 Å². The van der Waals surface area contributed by atoms with E-state index in [9.17, 15) is 4.79 Å². The fraction of sp³-hybridized carbons (Fsp3) is 0. The molecule has 0 saturated heterocycles. The molecular formula is C14H10Cl2N4O. The lowest BCUT2D eigenvalue weighted by Gasteiger charge is -2.10. The van der Waals surface area contributed by atoms with E-state index in [4.69, 9.17) is 28.9 Å². The minimum Gasteiger partial charge on any atom is -0.399 e. The van der Waals surface area contributed by atoms with E-state index >= 15 is 0 Å². The lowest BCUT2D eigenvalue weighted by atomic mass is 10.2. The lowest BCUT2D eigenvalue weighted by Crippen LogP contribution is -2.11. The van der Waals surface area contributed by atoms with Crippen LogP contribution in [0.4, 0.5) is 17.3 Å². The number of anilines is 3. The third kappa shape index (κ3) is 2.66. The van der Waals surface area contributed by atoms with Crippen molar-refractivity contribution >= 4 is 51.4 Å². The van der Waals surface area contributed by atoms with E-state index in [0.717, 1.165) is 0 Å². The predicted octanol–water partition coefficient (Wildman–Crippen LogP) is 3.56. The van der Waals surface area contributed by atoms with Crippen molar-refractivity contribution in [3.05, 3.63) is 56.8 Å². The molecule has 0 fully saturated rings. The zero-order chi connectivity index (χ0) is 15.0. The number of nitrogen functional groups attached to an aromatic ring is 1. The number of halogens is 2. The number of benzene rings is 2. The van der Waals surface area contributed by atoms with Crippen LogP contribution in [0.5, 0.6) is 0 Å². The van der Waals surface area contributed by atoms with Crippen molar-refractivity contribution in [2.75, 3.05) is 11.1 Å². The average molecular weight is 321 g/mol. The number of fused-ring (bicyclic) bond motifs is 1. The molecule has 3 rings (SSSR count). The van der Waals surface area contributed by atoms with Crippen molar-refractivity contribution in [2.24, 2.45) is 0 Å². The first-order valence-corrected chi connectivity index (χ1v) is 6.81. The van der Waals surface area contributed by atoms with Gasteiger partial charge in [0, 0.05) is 5.69 Å². The monoisotopic (exact) mass is 320 g/mol. The summed E-state index contributed by atoms with van der Waals surface area (Å²) in [4.78, 5) is 19.0. The Balaban J connectivity index is 2.10. The van der Waals surface area contributed by atoms with E-state index in [2.05, 4.69) is 15.3 Å². The maximum absolute atomic E-state index is 12.1. The Bertz CT molecular complexity index is 872. The first kappa shape index (κ1) is 13.7. The maximum Gasteiger partial charge on any atom is 0.260 e. The van der Waals surface area contributed by atoms with Crippen LogP contribution in [0, 0.1) is 0 Å². The molecule has 7 heteroatoms. The van der Waals surface area contributed by atoms with E-state index in [-0.39, 0.29) is 11.5 Å². The van der Waals surface area contributed by atoms with Crippen molar-refractivity contribution in [2.45, 2.75) is 0 Å². The van der Waals surface area contributed by atoms with Gasteiger partial charge in [0.05, 0.1) is 26.6 Å². The van der Waals surface area contributed by atoms with Gasteiger partial charge in [0.2, 0.25) is 5.95 Å².